The SMILES string of the molecule is O=c1c2ccccc2nc(C2CCCCC2)n1N=Cc1cc(Br)c(OCc2ccccc2F)c([N+](=O)[O-])c1. The molecule has 8 nitrogen and oxygen atoms in total. The summed E-state index contributed by atoms with van der Waals surface area (Å²) in [5.74, 6) is 0.220. The van der Waals surface area contributed by atoms with Gasteiger partial charge in [-0.3, -0.25) is 14.9 Å². The maximum atomic E-state index is 14.0. The molecule has 3 aromatic carbocycles. The Balaban J connectivity index is 1.52. The van der Waals surface area contributed by atoms with Crippen LogP contribution in [-0.2, 0) is 6.61 Å². The van der Waals surface area contributed by atoms with Crippen LogP contribution in [0.25, 0.3) is 10.9 Å². The smallest absolute Gasteiger partial charge is 0.312 e. The molecule has 0 unspecified atom stereocenters. The van der Waals surface area contributed by atoms with E-state index in [0.29, 0.717) is 26.8 Å². The average molecular weight is 579 g/mol. The highest BCUT2D eigenvalue weighted by atomic mass is 79.9. The van der Waals surface area contributed by atoms with E-state index in [4.69, 9.17) is 9.72 Å². The van der Waals surface area contributed by atoms with Gasteiger partial charge in [0.2, 0.25) is 5.75 Å². The van der Waals surface area contributed by atoms with E-state index in [1.807, 2.05) is 12.1 Å². The molecule has 0 atom stereocenters. The van der Waals surface area contributed by atoms with Crippen molar-refractivity contribution in [1.82, 2.24) is 9.66 Å². The molecule has 0 aliphatic heterocycles. The summed E-state index contributed by atoms with van der Waals surface area (Å²) in [5.41, 5.74) is 0.688. The first kappa shape index (κ1) is 25.7. The summed E-state index contributed by atoms with van der Waals surface area (Å²) in [4.78, 5) is 29.5. The third kappa shape index (κ3) is 5.35. The fraction of sp³-hybridized carbons (Fsp3) is 0.250. The summed E-state index contributed by atoms with van der Waals surface area (Å²) in [6.45, 7) is -0.178. The van der Waals surface area contributed by atoms with E-state index < -0.39 is 10.7 Å². The third-order valence-electron chi connectivity index (χ3n) is 6.64. The highest BCUT2D eigenvalue weighted by Crippen LogP contribution is 2.37. The van der Waals surface area contributed by atoms with Gasteiger partial charge in [0, 0.05) is 23.1 Å². The predicted octanol–water partition coefficient (Wildman–Crippen LogP) is 6.72. The van der Waals surface area contributed by atoms with E-state index in [-0.39, 0.29) is 35.1 Å². The normalized spacial score (nSPS) is 14.3. The molecule has 0 saturated heterocycles. The second kappa shape index (κ2) is 11.2. The number of nitro groups is 1. The number of para-hydroxylation sites is 1. The van der Waals surface area contributed by atoms with Gasteiger partial charge in [0.05, 0.1) is 26.5 Å². The van der Waals surface area contributed by atoms with Crippen molar-refractivity contribution in [2.75, 3.05) is 0 Å². The molecule has 5 rings (SSSR count). The molecule has 1 aromatic heterocycles. The summed E-state index contributed by atoms with van der Waals surface area (Å²) in [6, 6.07) is 16.1. The molecule has 0 N–H and O–H groups in total. The van der Waals surface area contributed by atoms with Gasteiger partial charge >= 0.3 is 5.69 Å². The van der Waals surface area contributed by atoms with Crippen molar-refractivity contribution in [3.8, 4) is 5.75 Å². The van der Waals surface area contributed by atoms with Crippen LogP contribution in [-0.4, -0.2) is 20.8 Å². The lowest BCUT2D eigenvalue weighted by Crippen LogP contribution is -2.25. The van der Waals surface area contributed by atoms with E-state index in [1.165, 1.54) is 23.0 Å². The van der Waals surface area contributed by atoms with Crippen LogP contribution in [0.15, 0.2) is 75.0 Å². The van der Waals surface area contributed by atoms with E-state index in [2.05, 4.69) is 21.0 Å². The minimum atomic E-state index is -0.573. The highest BCUT2D eigenvalue weighted by molar-refractivity contribution is 9.10. The van der Waals surface area contributed by atoms with Gasteiger partial charge in [-0.15, -0.1) is 0 Å². The summed E-state index contributed by atoms with van der Waals surface area (Å²) in [7, 11) is 0. The fourth-order valence-corrected chi connectivity index (χ4v) is 5.30. The Bertz CT molecular complexity index is 1600. The van der Waals surface area contributed by atoms with Crippen molar-refractivity contribution in [1.29, 1.82) is 0 Å². The van der Waals surface area contributed by atoms with Crippen LogP contribution in [0.4, 0.5) is 10.1 Å². The average Bonchev–Trinajstić information content (AvgIpc) is 2.93. The topological polar surface area (TPSA) is 99.6 Å². The molecule has 0 amide bonds. The van der Waals surface area contributed by atoms with E-state index in [9.17, 15) is 19.3 Å². The number of benzene rings is 3. The van der Waals surface area contributed by atoms with Gasteiger partial charge in [-0.1, -0.05) is 49.6 Å². The quantitative estimate of drug-likeness (QED) is 0.138. The Hall–Kier alpha value is -3.92. The summed E-state index contributed by atoms with van der Waals surface area (Å²) < 4.78 is 21.3. The molecule has 1 heterocycles. The standard InChI is InChI=1S/C28H24BrFN4O4/c29-22-14-18(15-25(34(36)37)26(22)38-17-20-10-4-6-12-23(20)30)16-31-33-27(19-8-2-1-3-9-19)32-24-13-7-5-11-21(24)28(33)35/h4-7,10-16,19H,1-3,8-9,17H2. The van der Waals surface area contributed by atoms with Crippen molar-refractivity contribution in [3.05, 3.63) is 108 Å². The molecule has 194 valence electrons. The molecule has 0 bridgehead atoms. The van der Waals surface area contributed by atoms with Crippen LogP contribution in [0.5, 0.6) is 5.75 Å². The summed E-state index contributed by atoms with van der Waals surface area (Å²) >= 11 is 3.34. The van der Waals surface area contributed by atoms with Crippen LogP contribution in [0.2, 0.25) is 0 Å². The monoisotopic (exact) mass is 578 g/mol. The van der Waals surface area contributed by atoms with Crippen molar-refractivity contribution < 1.29 is 14.1 Å². The van der Waals surface area contributed by atoms with Crippen molar-refractivity contribution in [3.63, 3.8) is 0 Å². The third-order valence-corrected chi connectivity index (χ3v) is 7.23. The van der Waals surface area contributed by atoms with Crippen LogP contribution < -0.4 is 10.3 Å². The Morgan fingerprint density at radius 2 is 1.87 bits per heavy atom. The highest BCUT2D eigenvalue weighted by Gasteiger charge is 2.23. The molecule has 0 spiro atoms. The first-order chi connectivity index (χ1) is 18.4. The number of aromatic nitrogens is 2. The van der Waals surface area contributed by atoms with Crippen molar-refractivity contribution in [2.45, 2.75) is 44.6 Å². The van der Waals surface area contributed by atoms with Gasteiger partial charge in [0.25, 0.3) is 5.56 Å². The van der Waals surface area contributed by atoms with Crippen LogP contribution in [0.1, 0.15) is 55.0 Å². The van der Waals surface area contributed by atoms with Gasteiger partial charge in [-0.2, -0.15) is 9.78 Å². The van der Waals surface area contributed by atoms with Gasteiger partial charge in [-0.05, 0) is 53.0 Å². The number of ether oxygens (including phenoxy) is 1. The Morgan fingerprint density at radius 3 is 2.63 bits per heavy atom. The summed E-state index contributed by atoms with van der Waals surface area (Å²) in [5, 5.41) is 16.8. The number of halogens is 2. The van der Waals surface area contributed by atoms with E-state index >= 15 is 0 Å². The fourth-order valence-electron chi connectivity index (χ4n) is 4.72. The summed E-state index contributed by atoms with van der Waals surface area (Å²) in [6.07, 6.45) is 6.52. The molecule has 4 aromatic rings. The maximum Gasteiger partial charge on any atom is 0.312 e. The lowest BCUT2D eigenvalue weighted by Gasteiger charge is -2.22. The van der Waals surface area contributed by atoms with Gasteiger partial charge < -0.3 is 4.74 Å². The molecule has 1 saturated carbocycles. The number of nitrogens with zero attached hydrogens (tertiary/aromatic N) is 4. The zero-order valence-electron chi connectivity index (χ0n) is 20.3. The second-order valence-electron chi connectivity index (χ2n) is 9.17. The number of rotatable bonds is 7. The van der Waals surface area contributed by atoms with Gasteiger partial charge in [0.1, 0.15) is 18.2 Å². The second-order valence-corrected chi connectivity index (χ2v) is 10.0. The Kier molecular flexibility index (Phi) is 7.59. The predicted molar refractivity (Wildman–Crippen MR) is 146 cm³/mol. The lowest BCUT2D eigenvalue weighted by molar-refractivity contribution is -0.386. The van der Waals surface area contributed by atoms with Crippen molar-refractivity contribution >= 4 is 38.7 Å². The van der Waals surface area contributed by atoms with Crippen LogP contribution in [0.3, 0.4) is 0 Å². The number of hydrogen-bond acceptors (Lipinski definition) is 6. The Morgan fingerprint density at radius 1 is 1.13 bits per heavy atom. The number of nitro benzene ring substituents is 1. The van der Waals surface area contributed by atoms with E-state index in [0.717, 1.165) is 32.1 Å². The first-order valence-corrected chi connectivity index (χ1v) is 13.1. The van der Waals surface area contributed by atoms with Crippen LogP contribution >= 0.6 is 15.9 Å². The zero-order chi connectivity index (χ0) is 26.6. The minimum absolute atomic E-state index is 0.0252. The lowest BCUT2D eigenvalue weighted by atomic mass is 9.88. The molecular weight excluding hydrogens is 555 g/mol. The first-order valence-electron chi connectivity index (χ1n) is 12.3. The number of fused-ring (bicyclic) bond motifs is 1. The van der Waals surface area contributed by atoms with Gasteiger partial charge in [-0.25, -0.2) is 9.37 Å². The molecule has 10 heteroatoms. The molecule has 1 aliphatic carbocycles. The largest absolute Gasteiger partial charge is 0.481 e. The van der Waals surface area contributed by atoms with Crippen molar-refractivity contribution in [2.24, 2.45) is 5.10 Å². The van der Waals surface area contributed by atoms with E-state index in [1.54, 1.807) is 36.4 Å². The number of hydrogen-bond donors (Lipinski definition) is 0. The molecule has 1 fully saturated rings. The van der Waals surface area contributed by atoms with Crippen LogP contribution in [0, 0.1) is 15.9 Å². The minimum Gasteiger partial charge on any atom is -0.481 e. The molecule has 38 heavy (non-hydrogen) atoms. The molecule has 1 aliphatic rings. The molecule has 0 radical (unpaired) electrons. The Labute approximate surface area is 226 Å². The molecular formula is C28H24BrFN4O4. The maximum absolute atomic E-state index is 14.0. The van der Waals surface area contributed by atoms with Gasteiger partial charge in [0.15, 0.2) is 0 Å². The zero-order valence-corrected chi connectivity index (χ0v) is 21.9.